The van der Waals surface area contributed by atoms with E-state index in [4.69, 9.17) is 9.47 Å². The summed E-state index contributed by atoms with van der Waals surface area (Å²) in [5, 5.41) is 0. The van der Waals surface area contributed by atoms with E-state index < -0.39 is 23.8 Å². The maximum absolute atomic E-state index is 15.4. The lowest BCUT2D eigenvalue weighted by Gasteiger charge is -2.32. The van der Waals surface area contributed by atoms with E-state index in [1.165, 1.54) is 24.1 Å². The number of aromatic nitrogens is 2. The summed E-state index contributed by atoms with van der Waals surface area (Å²) in [6.07, 6.45) is 0.147. The summed E-state index contributed by atoms with van der Waals surface area (Å²) in [7, 11) is 1.32. The van der Waals surface area contributed by atoms with Crippen LogP contribution in [-0.2, 0) is 20.8 Å². The first-order valence-corrected chi connectivity index (χ1v) is 11.6. The number of carbonyl (C=O) groups is 2. The SMILES string of the molecule is COC(=O)N1CCOC(Cn2c(-c3c(F)cc(N4CCCC4=O)cc3F)nc3cc(C)ccc32)C1. The maximum atomic E-state index is 15.4. The lowest BCUT2D eigenvalue weighted by molar-refractivity contribution is -0.117. The van der Waals surface area contributed by atoms with Crippen LogP contribution in [0.3, 0.4) is 0 Å². The number of hydrogen-bond donors (Lipinski definition) is 0. The summed E-state index contributed by atoms with van der Waals surface area (Å²) in [6.45, 7) is 3.58. The van der Waals surface area contributed by atoms with Crippen molar-refractivity contribution in [2.45, 2.75) is 32.4 Å². The van der Waals surface area contributed by atoms with Crippen molar-refractivity contribution in [2.24, 2.45) is 0 Å². The third-order valence-corrected chi connectivity index (χ3v) is 6.50. The number of methoxy groups -OCH3 is 1. The zero-order valence-electron chi connectivity index (χ0n) is 19.6. The molecule has 0 radical (unpaired) electrons. The molecule has 1 atom stereocenters. The van der Waals surface area contributed by atoms with Gasteiger partial charge in [0.05, 0.1) is 49.5 Å². The first-order valence-electron chi connectivity index (χ1n) is 11.6. The Bertz CT molecular complexity index is 1290. The van der Waals surface area contributed by atoms with Crippen LogP contribution in [0.2, 0.25) is 0 Å². The van der Waals surface area contributed by atoms with Crippen molar-refractivity contribution in [2.75, 3.05) is 38.3 Å². The monoisotopic (exact) mass is 484 g/mol. The van der Waals surface area contributed by atoms with Gasteiger partial charge in [0.2, 0.25) is 5.91 Å². The van der Waals surface area contributed by atoms with Crippen LogP contribution in [0.1, 0.15) is 18.4 Å². The molecule has 2 aliphatic rings. The van der Waals surface area contributed by atoms with Crippen LogP contribution >= 0.6 is 0 Å². The molecule has 5 rings (SSSR count). The molecule has 2 aromatic carbocycles. The fourth-order valence-electron chi connectivity index (χ4n) is 4.79. The number of morpholine rings is 1. The van der Waals surface area contributed by atoms with E-state index in [1.807, 2.05) is 25.1 Å². The van der Waals surface area contributed by atoms with E-state index in [9.17, 15) is 9.59 Å². The Morgan fingerprint density at radius 1 is 1.20 bits per heavy atom. The number of benzene rings is 2. The molecule has 0 aliphatic carbocycles. The summed E-state index contributed by atoms with van der Waals surface area (Å²) in [6, 6.07) is 7.99. The molecule has 0 bridgehead atoms. The van der Waals surface area contributed by atoms with Gasteiger partial charge in [0, 0.05) is 25.2 Å². The van der Waals surface area contributed by atoms with E-state index in [2.05, 4.69) is 4.98 Å². The van der Waals surface area contributed by atoms with E-state index >= 15 is 8.78 Å². The fraction of sp³-hybridized carbons (Fsp3) is 0.400. The molecule has 10 heteroatoms. The lowest BCUT2D eigenvalue weighted by Crippen LogP contribution is -2.47. The van der Waals surface area contributed by atoms with E-state index in [0.29, 0.717) is 43.6 Å². The number of rotatable bonds is 4. The molecule has 0 N–H and O–H groups in total. The Hall–Kier alpha value is -3.53. The summed E-state index contributed by atoms with van der Waals surface area (Å²) in [4.78, 5) is 31.6. The third-order valence-electron chi connectivity index (χ3n) is 6.50. The second-order valence-corrected chi connectivity index (χ2v) is 8.88. The molecule has 2 saturated heterocycles. The van der Waals surface area contributed by atoms with Crippen molar-refractivity contribution >= 4 is 28.7 Å². The Balaban J connectivity index is 1.56. The molecule has 3 heterocycles. The normalized spacial score (nSPS) is 18.5. The first-order chi connectivity index (χ1) is 16.9. The maximum Gasteiger partial charge on any atom is 0.409 e. The molecule has 35 heavy (non-hydrogen) atoms. The average molecular weight is 485 g/mol. The Labute approximate surface area is 201 Å². The minimum atomic E-state index is -0.797. The molecule has 8 nitrogen and oxygen atoms in total. The van der Waals surface area contributed by atoms with Crippen molar-refractivity contribution in [3.8, 4) is 11.4 Å². The van der Waals surface area contributed by atoms with Crippen LogP contribution in [-0.4, -0.2) is 65.9 Å². The molecular weight excluding hydrogens is 458 g/mol. The molecule has 1 aromatic heterocycles. The van der Waals surface area contributed by atoms with Gasteiger partial charge in [-0.05, 0) is 43.2 Å². The summed E-state index contributed by atoms with van der Waals surface area (Å²) in [5.41, 5.74) is 2.19. The molecule has 184 valence electrons. The molecule has 2 aliphatic heterocycles. The molecule has 2 amide bonds. The minimum Gasteiger partial charge on any atom is -0.453 e. The Morgan fingerprint density at radius 2 is 1.97 bits per heavy atom. The van der Waals surface area contributed by atoms with Gasteiger partial charge in [-0.1, -0.05) is 6.07 Å². The molecule has 0 spiro atoms. The Morgan fingerprint density at radius 3 is 2.66 bits per heavy atom. The number of hydrogen-bond acceptors (Lipinski definition) is 5. The zero-order valence-corrected chi connectivity index (χ0v) is 19.6. The molecule has 0 saturated carbocycles. The minimum absolute atomic E-state index is 0.124. The number of anilines is 1. The predicted molar refractivity (Wildman–Crippen MR) is 125 cm³/mol. The lowest BCUT2D eigenvalue weighted by atomic mass is 10.1. The molecular formula is C25H26F2N4O4. The van der Waals surface area contributed by atoms with Crippen LogP contribution in [0.5, 0.6) is 0 Å². The number of carbonyl (C=O) groups excluding carboxylic acids is 2. The molecule has 2 fully saturated rings. The van der Waals surface area contributed by atoms with Gasteiger partial charge in [0.25, 0.3) is 0 Å². The van der Waals surface area contributed by atoms with Crippen LogP contribution in [0.15, 0.2) is 30.3 Å². The van der Waals surface area contributed by atoms with Gasteiger partial charge in [-0.25, -0.2) is 18.6 Å². The molecule has 1 unspecified atom stereocenters. The number of imidazole rings is 1. The van der Waals surface area contributed by atoms with Gasteiger partial charge in [-0.3, -0.25) is 4.79 Å². The van der Waals surface area contributed by atoms with Crippen molar-refractivity contribution in [3.63, 3.8) is 0 Å². The van der Waals surface area contributed by atoms with Crippen molar-refractivity contribution in [3.05, 3.63) is 47.5 Å². The van der Waals surface area contributed by atoms with Crippen LogP contribution in [0.4, 0.5) is 19.3 Å². The highest BCUT2D eigenvalue weighted by molar-refractivity contribution is 5.95. The highest BCUT2D eigenvalue weighted by Gasteiger charge is 2.29. The molecule has 3 aromatic rings. The number of amides is 2. The topological polar surface area (TPSA) is 76.9 Å². The second kappa shape index (κ2) is 9.26. The second-order valence-electron chi connectivity index (χ2n) is 8.88. The van der Waals surface area contributed by atoms with Crippen LogP contribution in [0.25, 0.3) is 22.4 Å². The van der Waals surface area contributed by atoms with E-state index in [-0.39, 0.29) is 36.1 Å². The van der Waals surface area contributed by atoms with Crippen LogP contribution < -0.4 is 4.90 Å². The summed E-state index contributed by atoms with van der Waals surface area (Å²) in [5.74, 6) is -1.62. The number of ether oxygens (including phenoxy) is 2. The van der Waals surface area contributed by atoms with Gasteiger partial charge in [0.1, 0.15) is 17.5 Å². The number of aryl methyl sites for hydroxylation is 1. The predicted octanol–water partition coefficient (Wildman–Crippen LogP) is 3.88. The highest BCUT2D eigenvalue weighted by Crippen LogP contribution is 2.34. The van der Waals surface area contributed by atoms with Gasteiger partial charge in [0.15, 0.2) is 0 Å². The number of fused-ring (bicyclic) bond motifs is 1. The van der Waals surface area contributed by atoms with Crippen LogP contribution in [0, 0.1) is 18.6 Å². The highest BCUT2D eigenvalue weighted by atomic mass is 19.1. The summed E-state index contributed by atoms with van der Waals surface area (Å²) < 4.78 is 43.3. The van der Waals surface area contributed by atoms with Gasteiger partial charge in [-0.2, -0.15) is 0 Å². The largest absolute Gasteiger partial charge is 0.453 e. The van der Waals surface area contributed by atoms with E-state index in [0.717, 1.165) is 5.56 Å². The quantitative estimate of drug-likeness (QED) is 0.562. The van der Waals surface area contributed by atoms with Crippen molar-refractivity contribution < 1.29 is 27.8 Å². The van der Waals surface area contributed by atoms with E-state index in [1.54, 1.807) is 9.47 Å². The van der Waals surface area contributed by atoms with Gasteiger partial charge >= 0.3 is 6.09 Å². The van der Waals surface area contributed by atoms with Crippen molar-refractivity contribution in [1.82, 2.24) is 14.5 Å². The van der Waals surface area contributed by atoms with Gasteiger partial charge < -0.3 is 23.8 Å². The van der Waals surface area contributed by atoms with Gasteiger partial charge in [-0.15, -0.1) is 0 Å². The first kappa shape index (κ1) is 23.2. The third kappa shape index (κ3) is 4.34. The fourth-order valence-corrected chi connectivity index (χ4v) is 4.79. The zero-order chi connectivity index (χ0) is 24.7. The Kier molecular flexibility index (Phi) is 6.14. The summed E-state index contributed by atoms with van der Waals surface area (Å²) >= 11 is 0. The number of nitrogens with zero attached hydrogens (tertiary/aromatic N) is 4. The standard InChI is InChI=1S/C25H26F2N4O4/c1-15-5-6-21-20(10-15)28-24(31(21)14-17-13-29(8-9-35-17)25(33)34-2)23-18(26)11-16(12-19(23)27)30-7-3-4-22(30)32/h5-6,10-12,17H,3-4,7-9,13-14H2,1-2H3. The smallest absolute Gasteiger partial charge is 0.409 e. The van der Waals surface area contributed by atoms with Crippen molar-refractivity contribution in [1.29, 1.82) is 0 Å². The average Bonchev–Trinajstić information content (AvgIpc) is 3.41. The number of halogens is 2.